The van der Waals surface area contributed by atoms with E-state index in [2.05, 4.69) is 71.0 Å². The minimum atomic E-state index is -0.657. The lowest BCUT2D eigenvalue weighted by Crippen LogP contribution is -2.14. The van der Waals surface area contributed by atoms with Gasteiger partial charge in [0.25, 0.3) is 0 Å². The minimum absolute atomic E-state index is 0.169. The number of fused-ring (bicyclic) bond motifs is 3. The van der Waals surface area contributed by atoms with Crippen LogP contribution in [0.4, 0.5) is 0 Å². The van der Waals surface area contributed by atoms with Crippen molar-refractivity contribution in [1.82, 2.24) is 0 Å². The Hall–Kier alpha value is -9.15. The number of hydrogen-bond donors (Lipinski definition) is 0. The Kier molecular flexibility index (Phi) is 43.8. The zero-order valence-electron chi connectivity index (χ0n) is 59.0. The van der Waals surface area contributed by atoms with E-state index in [1.807, 2.05) is 0 Å². The molecule has 0 unspecified atom stereocenters. The first-order chi connectivity index (χ1) is 52.0. The van der Waals surface area contributed by atoms with Crippen LogP contribution in [0.5, 0.6) is 34.5 Å². The van der Waals surface area contributed by atoms with E-state index in [4.69, 9.17) is 114 Å². The number of carbonyl (C=O) groups excluding carboxylic acids is 3. The van der Waals surface area contributed by atoms with E-state index in [9.17, 15) is 14.4 Å². The van der Waals surface area contributed by atoms with Crippen molar-refractivity contribution in [3.8, 4) is 106 Å². The van der Waals surface area contributed by atoms with E-state index < -0.39 is 17.9 Å². The molecule has 0 bridgehead atoms. The van der Waals surface area contributed by atoms with Crippen LogP contribution in [0.25, 0.3) is 0 Å². The molecule has 0 N–H and O–H groups in total. The van der Waals surface area contributed by atoms with Gasteiger partial charge in [0.1, 0.15) is 39.6 Å². The molecule has 0 atom stereocenters. The van der Waals surface area contributed by atoms with E-state index in [0.29, 0.717) is 230 Å². The molecule has 0 spiro atoms. The lowest BCUT2D eigenvalue weighted by molar-refractivity contribution is -0.0134. The summed E-state index contributed by atoms with van der Waals surface area (Å²) in [6, 6.07) is 19.2. The van der Waals surface area contributed by atoms with E-state index in [0.717, 1.165) is 0 Å². The Balaban J connectivity index is 0.988. The molecule has 3 aliphatic rings. The molecule has 0 radical (unpaired) electrons. The number of carbonyl (C=O) groups is 3. The van der Waals surface area contributed by atoms with E-state index >= 15 is 0 Å². The summed E-state index contributed by atoms with van der Waals surface area (Å²) in [4.78, 5) is 39.8. The molecule has 564 valence electrons. The lowest BCUT2D eigenvalue weighted by Gasteiger charge is -2.14. The van der Waals surface area contributed by atoms with Gasteiger partial charge in [-0.3, -0.25) is 0 Å². The molecule has 3 aliphatic heterocycles. The third-order valence-electron chi connectivity index (χ3n) is 13.7. The third kappa shape index (κ3) is 37.9. The molecular formula is C78H90O27. The number of esters is 3. The molecule has 0 aromatic heterocycles. The Labute approximate surface area is 612 Å². The quantitative estimate of drug-likeness (QED) is 0.141. The summed E-state index contributed by atoms with van der Waals surface area (Å²) >= 11 is 0. The van der Waals surface area contributed by atoms with Crippen LogP contribution >= 0.6 is 0 Å². The monoisotopic (exact) mass is 1460 g/mol. The van der Waals surface area contributed by atoms with Crippen molar-refractivity contribution in [1.29, 1.82) is 0 Å². The van der Waals surface area contributed by atoms with Crippen molar-refractivity contribution >= 4 is 17.9 Å². The summed E-state index contributed by atoms with van der Waals surface area (Å²) in [5.74, 6) is 33.9. The molecule has 0 amide bonds. The van der Waals surface area contributed by atoms with Crippen molar-refractivity contribution in [2.75, 3.05) is 258 Å². The van der Waals surface area contributed by atoms with Gasteiger partial charge in [-0.05, 0) is 126 Å². The van der Waals surface area contributed by atoms with Crippen LogP contribution in [0.15, 0.2) is 72.8 Å². The maximum absolute atomic E-state index is 13.3. The minimum Gasteiger partial charge on any atom is -0.487 e. The second-order valence-electron chi connectivity index (χ2n) is 21.4. The summed E-state index contributed by atoms with van der Waals surface area (Å²) in [6.07, 6.45) is 0. The smallest absolute Gasteiger partial charge is 0.339 e. The predicted molar refractivity (Wildman–Crippen MR) is 376 cm³/mol. The van der Waals surface area contributed by atoms with Gasteiger partial charge in [-0.1, -0.05) is 17.8 Å². The van der Waals surface area contributed by atoms with Crippen LogP contribution < -0.4 is 28.4 Å². The lowest BCUT2D eigenvalue weighted by atomic mass is 10.1. The molecule has 4 aromatic carbocycles. The summed E-state index contributed by atoms with van der Waals surface area (Å²) in [6.45, 7) is 11.8. The van der Waals surface area contributed by atoms with E-state index in [1.54, 1.807) is 54.6 Å². The molecule has 27 nitrogen and oxygen atoms in total. The van der Waals surface area contributed by atoms with Crippen molar-refractivity contribution in [2.45, 2.75) is 0 Å². The summed E-state index contributed by atoms with van der Waals surface area (Å²) in [5, 5.41) is 0. The van der Waals surface area contributed by atoms with E-state index in [1.165, 1.54) is 18.2 Å². The normalized spacial score (nSPS) is 17.1. The highest BCUT2D eigenvalue weighted by Crippen LogP contribution is 2.31. The van der Waals surface area contributed by atoms with Crippen molar-refractivity contribution in [3.63, 3.8) is 0 Å². The molecule has 3 heterocycles. The molecule has 0 fully saturated rings. The molecule has 105 heavy (non-hydrogen) atoms. The largest absolute Gasteiger partial charge is 0.487 e. The molecule has 27 heteroatoms. The molecular weight excluding hydrogens is 1370 g/mol. The highest BCUT2D eigenvalue weighted by molar-refractivity contribution is 5.91. The predicted octanol–water partition coefficient (Wildman–Crippen LogP) is 4.88. The highest BCUT2D eigenvalue weighted by atomic mass is 16.6. The van der Waals surface area contributed by atoms with Crippen LogP contribution in [0.3, 0.4) is 0 Å². The average Bonchev–Trinajstić information content (AvgIpc) is 0.874. The average molecular weight is 1460 g/mol. The first-order valence-corrected chi connectivity index (χ1v) is 34.5. The molecule has 7 rings (SSSR count). The van der Waals surface area contributed by atoms with Crippen molar-refractivity contribution in [3.05, 3.63) is 106 Å². The highest BCUT2D eigenvalue weighted by Gasteiger charge is 2.17. The fraction of sp³-hybridized carbons (Fsp3) is 0.500. The summed E-state index contributed by atoms with van der Waals surface area (Å²) in [5.41, 5.74) is 2.02. The first kappa shape index (κ1) is 83.1. The van der Waals surface area contributed by atoms with E-state index in [-0.39, 0.29) is 96.0 Å². The maximum Gasteiger partial charge on any atom is 0.339 e. The van der Waals surface area contributed by atoms with Gasteiger partial charge in [0, 0.05) is 16.7 Å². The van der Waals surface area contributed by atoms with Crippen LogP contribution in [0.2, 0.25) is 0 Å². The fourth-order valence-corrected chi connectivity index (χ4v) is 8.76. The van der Waals surface area contributed by atoms with Crippen LogP contribution in [-0.4, -0.2) is 276 Å². The van der Waals surface area contributed by atoms with Gasteiger partial charge in [-0.15, -0.1) is 0 Å². The van der Waals surface area contributed by atoms with Crippen LogP contribution in [-0.2, 0) is 85.3 Å². The Bertz CT molecular complexity index is 3220. The van der Waals surface area contributed by atoms with Gasteiger partial charge < -0.3 is 114 Å². The first-order valence-electron chi connectivity index (χ1n) is 34.5. The molecule has 0 aliphatic carbocycles. The van der Waals surface area contributed by atoms with Crippen LogP contribution in [0, 0.1) is 71.0 Å². The van der Waals surface area contributed by atoms with Gasteiger partial charge in [0.05, 0.1) is 215 Å². The van der Waals surface area contributed by atoms with Crippen LogP contribution in [0.1, 0.15) is 47.8 Å². The molecule has 4 aromatic rings. The maximum atomic E-state index is 13.3. The number of hydrogen-bond acceptors (Lipinski definition) is 27. The van der Waals surface area contributed by atoms with Gasteiger partial charge in [-0.25, -0.2) is 14.4 Å². The topological polar surface area (TPSA) is 273 Å². The second-order valence-corrected chi connectivity index (χ2v) is 21.4. The summed E-state index contributed by atoms with van der Waals surface area (Å²) < 4.78 is 136. The Morgan fingerprint density at radius 1 is 0.229 bits per heavy atom. The van der Waals surface area contributed by atoms with Gasteiger partial charge in [0.15, 0.2) is 54.3 Å². The number of rotatable bonds is 6. The Morgan fingerprint density at radius 3 is 0.610 bits per heavy atom. The van der Waals surface area contributed by atoms with Gasteiger partial charge in [-0.2, -0.15) is 0 Å². The van der Waals surface area contributed by atoms with Gasteiger partial charge >= 0.3 is 17.9 Å². The Morgan fingerprint density at radius 2 is 0.410 bits per heavy atom. The summed E-state index contributed by atoms with van der Waals surface area (Å²) in [7, 11) is 0. The number of ether oxygens (including phenoxy) is 24. The second kappa shape index (κ2) is 55.4. The zero-order chi connectivity index (χ0) is 73.2. The third-order valence-corrected chi connectivity index (χ3v) is 13.7. The van der Waals surface area contributed by atoms with Crippen molar-refractivity contribution in [2.24, 2.45) is 0 Å². The fourth-order valence-electron chi connectivity index (χ4n) is 8.76. The molecule has 0 saturated carbocycles. The zero-order valence-corrected chi connectivity index (χ0v) is 59.0. The standard InChI is InChI=1S/C78H90O27/c79-76(67-13-16-70-73(61-67)100-55-49-94-43-37-88-31-25-82-22-28-85-34-40-91-46-52-97-70)103-19-7-1-4-10-64-58-65(11-5-2-8-20-104-77(80)68-14-17-71-74(62-68)101-56-50-95-44-38-89-32-26-83-23-29-86-35-41-92-47-53-98-71)60-66(59-64)12-6-3-9-21-105-78(81)69-15-18-72-75(63-69)102-57-51-96-45-39-90-33-27-84-24-30-87-36-42-93-48-54-99-72/h13-18,58-63H,19-57H2. The SMILES string of the molecule is O=C(OCC#CC#Cc1cc(C#CC#CCOC(=O)c2ccc3c(c2)OCCOCCOCCOCCOCCOCCO3)cc(C#CC#CCOC(=O)c2ccc3c(c2)OCCOCCOCCOCCOCCOCCO3)c1)c1ccc2c(c1)OCCOCCOCCOCCOCCOCCO2. The molecule has 0 saturated heterocycles. The van der Waals surface area contributed by atoms with Gasteiger partial charge in [0.2, 0.25) is 0 Å². The van der Waals surface area contributed by atoms with Crippen molar-refractivity contribution < 1.29 is 128 Å². The number of benzene rings is 4.